The Morgan fingerprint density at radius 2 is 2.00 bits per heavy atom. The molecule has 0 aliphatic carbocycles. The molecule has 0 aliphatic rings. The monoisotopic (exact) mass is 308 g/mol. The summed E-state index contributed by atoms with van der Waals surface area (Å²) in [4.78, 5) is 8.73. The number of hydrogen-bond donors (Lipinski definition) is 2. The normalized spacial score (nSPS) is 12.0. The maximum Gasteiger partial charge on any atom is 0.191 e. The molecule has 0 unspecified atom stereocenters. The highest BCUT2D eigenvalue weighted by Crippen LogP contribution is 2.08. The molecule has 1 aromatic heterocycles. The summed E-state index contributed by atoms with van der Waals surface area (Å²) >= 11 is 0. The van der Waals surface area contributed by atoms with Crippen LogP contribution in [0.5, 0.6) is 0 Å². The van der Waals surface area contributed by atoms with Crippen LogP contribution in [0.2, 0.25) is 0 Å². The molecule has 0 saturated heterocycles. The van der Waals surface area contributed by atoms with Crippen LogP contribution in [0.1, 0.15) is 58.7 Å². The van der Waals surface area contributed by atoms with Crippen molar-refractivity contribution in [2.45, 2.75) is 59.4 Å². The average molecular weight is 308 g/mol. The molecule has 0 saturated carbocycles. The zero-order valence-corrected chi connectivity index (χ0v) is 14.6. The van der Waals surface area contributed by atoms with E-state index in [1.165, 1.54) is 32.1 Å². The molecule has 1 heterocycles. The third-order valence-corrected chi connectivity index (χ3v) is 3.53. The third-order valence-electron chi connectivity index (χ3n) is 3.53. The highest BCUT2D eigenvalue weighted by molar-refractivity contribution is 5.79. The molecule has 0 fully saturated rings. The molecule has 0 bridgehead atoms. The molecule has 22 heavy (non-hydrogen) atoms. The van der Waals surface area contributed by atoms with Crippen molar-refractivity contribution in [3.05, 3.63) is 12.2 Å². The molecular formula is C16H32N6. The van der Waals surface area contributed by atoms with Crippen LogP contribution in [0.25, 0.3) is 0 Å². The molecular weight excluding hydrogens is 276 g/mol. The van der Waals surface area contributed by atoms with E-state index in [9.17, 15) is 0 Å². The summed E-state index contributed by atoms with van der Waals surface area (Å²) in [5.74, 6) is 2.55. The number of unbranched alkanes of at least 4 members (excludes halogenated alkanes) is 3. The summed E-state index contributed by atoms with van der Waals surface area (Å²) in [7, 11) is 1.88. The molecule has 1 aromatic rings. The molecule has 1 rings (SSSR count). The Balaban J connectivity index is 2.22. The quantitative estimate of drug-likeness (QED) is 0.396. The number of aryl methyl sites for hydroxylation is 1. The molecule has 0 radical (unpaired) electrons. The van der Waals surface area contributed by atoms with E-state index in [2.05, 4.69) is 46.5 Å². The van der Waals surface area contributed by atoms with E-state index in [-0.39, 0.29) is 0 Å². The van der Waals surface area contributed by atoms with E-state index in [0.29, 0.717) is 6.54 Å². The second kappa shape index (κ2) is 11.0. The fraction of sp³-hybridized carbons (Fsp3) is 0.812. The van der Waals surface area contributed by atoms with Gasteiger partial charge in [0.25, 0.3) is 0 Å². The Morgan fingerprint density at radius 3 is 2.64 bits per heavy atom. The highest BCUT2D eigenvalue weighted by Gasteiger charge is 2.01. The first-order valence-electron chi connectivity index (χ1n) is 8.48. The van der Waals surface area contributed by atoms with E-state index in [1.54, 1.807) is 11.0 Å². The van der Waals surface area contributed by atoms with Crippen molar-refractivity contribution in [1.29, 1.82) is 0 Å². The van der Waals surface area contributed by atoms with Gasteiger partial charge in [-0.25, -0.2) is 9.98 Å². The van der Waals surface area contributed by atoms with Crippen LogP contribution in [0.15, 0.2) is 11.3 Å². The minimum Gasteiger partial charge on any atom is -0.357 e. The second-order valence-electron chi connectivity index (χ2n) is 6.02. The third kappa shape index (κ3) is 8.00. The summed E-state index contributed by atoms with van der Waals surface area (Å²) in [5.41, 5.74) is 0. The lowest BCUT2D eigenvalue weighted by Crippen LogP contribution is -2.37. The SMILES string of the molecule is CCNC(=NCc1ncnn1C)NCCCCCCC(C)C. The fourth-order valence-corrected chi connectivity index (χ4v) is 2.19. The van der Waals surface area contributed by atoms with Gasteiger partial charge in [-0.05, 0) is 19.3 Å². The van der Waals surface area contributed by atoms with Crippen molar-refractivity contribution in [3.8, 4) is 0 Å². The Bertz CT molecular complexity index is 424. The summed E-state index contributed by atoms with van der Waals surface area (Å²) in [6, 6.07) is 0. The maximum absolute atomic E-state index is 4.55. The van der Waals surface area contributed by atoms with Crippen LogP contribution < -0.4 is 10.6 Å². The lowest BCUT2D eigenvalue weighted by atomic mass is 10.0. The van der Waals surface area contributed by atoms with Crippen molar-refractivity contribution in [1.82, 2.24) is 25.4 Å². The van der Waals surface area contributed by atoms with Gasteiger partial charge in [-0.15, -0.1) is 0 Å². The lowest BCUT2D eigenvalue weighted by Gasteiger charge is -2.11. The van der Waals surface area contributed by atoms with E-state index in [0.717, 1.165) is 30.8 Å². The molecule has 6 nitrogen and oxygen atoms in total. The first kappa shape index (κ1) is 18.5. The van der Waals surface area contributed by atoms with Crippen LogP contribution in [0.4, 0.5) is 0 Å². The Morgan fingerprint density at radius 1 is 1.23 bits per heavy atom. The van der Waals surface area contributed by atoms with E-state index >= 15 is 0 Å². The predicted molar refractivity (Wildman–Crippen MR) is 91.7 cm³/mol. The Labute approximate surface area is 134 Å². The van der Waals surface area contributed by atoms with Crippen LogP contribution in [-0.2, 0) is 13.6 Å². The number of guanidine groups is 1. The van der Waals surface area contributed by atoms with E-state index in [4.69, 9.17) is 0 Å². The summed E-state index contributed by atoms with van der Waals surface area (Å²) in [6.45, 7) is 9.02. The molecule has 6 heteroatoms. The smallest absolute Gasteiger partial charge is 0.191 e. The summed E-state index contributed by atoms with van der Waals surface area (Å²) in [5, 5.41) is 10.7. The molecule has 126 valence electrons. The van der Waals surface area contributed by atoms with Gasteiger partial charge in [0.05, 0.1) is 0 Å². The van der Waals surface area contributed by atoms with Gasteiger partial charge in [0.15, 0.2) is 5.96 Å². The minimum atomic E-state index is 0.542. The number of nitrogens with zero attached hydrogens (tertiary/aromatic N) is 4. The standard InChI is InChI=1S/C16H32N6/c1-5-17-16(19-12-15-20-13-21-22(15)4)18-11-9-7-6-8-10-14(2)3/h13-14H,5-12H2,1-4H3,(H2,17,18,19). The van der Waals surface area contributed by atoms with Crippen LogP contribution in [0.3, 0.4) is 0 Å². The van der Waals surface area contributed by atoms with Gasteiger partial charge in [-0.2, -0.15) is 5.10 Å². The van der Waals surface area contributed by atoms with Gasteiger partial charge in [-0.1, -0.05) is 39.5 Å². The van der Waals surface area contributed by atoms with Crippen molar-refractivity contribution in [3.63, 3.8) is 0 Å². The lowest BCUT2D eigenvalue weighted by molar-refractivity contribution is 0.518. The van der Waals surface area contributed by atoms with Crippen LogP contribution in [-0.4, -0.2) is 33.8 Å². The van der Waals surface area contributed by atoms with Crippen molar-refractivity contribution in [2.75, 3.05) is 13.1 Å². The van der Waals surface area contributed by atoms with Gasteiger partial charge in [0.1, 0.15) is 18.7 Å². The predicted octanol–water partition coefficient (Wildman–Crippen LogP) is 2.48. The minimum absolute atomic E-state index is 0.542. The molecule has 0 aromatic carbocycles. The second-order valence-corrected chi connectivity index (χ2v) is 6.02. The summed E-state index contributed by atoms with van der Waals surface area (Å²) in [6.07, 6.45) is 8.04. The number of rotatable bonds is 10. The fourth-order valence-electron chi connectivity index (χ4n) is 2.19. The molecule has 0 aliphatic heterocycles. The van der Waals surface area contributed by atoms with Crippen molar-refractivity contribution >= 4 is 5.96 Å². The van der Waals surface area contributed by atoms with Gasteiger partial charge < -0.3 is 10.6 Å². The Hall–Kier alpha value is -1.59. The number of aliphatic imine (C=N–C) groups is 1. The van der Waals surface area contributed by atoms with Crippen molar-refractivity contribution in [2.24, 2.45) is 18.0 Å². The van der Waals surface area contributed by atoms with Gasteiger partial charge >= 0.3 is 0 Å². The number of hydrogen-bond acceptors (Lipinski definition) is 3. The molecule has 0 amide bonds. The molecule has 2 N–H and O–H groups in total. The number of nitrogens with one attached hydrogen (secondary N) is 2. The van der Waals surface area contributed by atoms with Gasteiger partial charge in [0.2, 0.25) is 0 Å². The largest absolute Gasteiger partial charge is 0.357 e. The van der Waals surface area contributed by atoms with Gasteiger partial charge in [0, 0.05) is 20.1 Å². The van der Waals surface area contributed by atoms with Crippen LogP contribution in [0, 0.1) is 5.92 Å². The topological polar surface area (TPSA) is 67.1 Å². The first-order valence-corrected chi connectivity index (χ1v) is 8.48. The van der Waals surface area contributed by atoms with E-state index in [1.807, 2.05) is 7.05 Å². The van der Waals surface area contributed by atoms with Crippen molar-refractivity contribution < 1.29 is 0 Å². The van der Waals surface area contributed by atoms with Crippen LogP contribution >= 0.6 is 0 Å². The molecule has 0 atom stereocenters. The zero-order valence-electron chi connectivity index (χ0n) is 14.6. The maximum atomic E-state index is 4.55. The summed E-state index contributed by atoms with van der Waals surface area (Å²) < 4.78 is 1.75. The Kier molecular flexibility index (Phi) is 9.26. The average Bonchev–Trinajstić information content (AvgIpc) is 2.88. The van der Waals surface area contributed by atoms with E-state index < -0.39 is 0 Å². The molecule has 0 spiro atoms. The highest BCUT2D eigenvalue weighted by atomic mass is 15.3. The zero-order chi connectivity index (χ0) is 16.2. The number of aromatic nitrogens is 3. The van der Waals surface area contributed by atoms with Gasteiger partial charge in [-0.3, -0.25) is 4.68 Å². The first-order chi connectivity index (χ1) is 10.6.